The number of amides is 3. The summed E-state index contributed by atoms with van der Waals surface area (Å²) in [7, 11) is 1.54. The van der Waals surface area contributed by atoms with E-state index >= 15 is 0 Å². The lowest BCUT2D eigenvalue weighted by Crippen LogP contribution is -2.46. The SMILES string of the molecule is COc1cccc(C(=O)N(CCc2c[nH]c3ccccc23)C2CC(=O)N(c3ccccc3)C2=O)c1. The number of carbonyl (C=O) groups is 3. The normalized spacial score (nSPS) is 15.6. The van der Waals surface area contributed by atoms with E-state index in [1.807, 2.05) is 36.5 Å². The first-order valence-corrected chi connectivity index (χ1v) is 11.5. The molecule has 176 valence electrons. The number of hydrogen-bond donors (Lipinski definition) is 1. The predicted octanol–water partition coefficient (Wildman–Crippen LogP) is 4.19. The van der Waals surface area contributed by atoms with Gasteiger partial charge in [0.25, 0.3) is 11.8 Å². The van der Waals surface area contributed by atoms with E-state index in [2.05, 4.69) is 4.98 Å². The Morgan fingerprint density at radius 2 is 1.80 bits per heavy atom. The fraction of sp³-hybridized carbons (Fsp3) is 0.179. The smallest absolute Gasteiger partial charge is 0.257 e. The molecule has 3 amide bonds. The summed E-state index contributed by atoms with van der Waals surface area (Å²) in [4.78, 5) is 46.0. The first-order chi connectivity index (χ1) is 17.1. The van der Waals surface area contributed by atoms with Crippen molar-refractivity contribution < 1.29 is 19.1 Å². The van der Waals surface area contributed by atoms with E-state index < -0.39 is 11.9 Å². The number of nitrogens with zero attached hydrogens (tertiary/aromatic N) is 2. The van der Waals surface area contributed by atoms with Crippen LogP contribution in [0.5, 0.6) is 5.75 Å². The predicted molar refractivity (Wildman–Crippen MR) is 133 cm³/mol. The molecular formula is C28H25N3O4. The Morgan fingerprint density at radius 1 is 1.03 bits per heavy atom. The number of para-hydroxylation sites is 2. The second-order valence-electron chi connectivity index (χ2n) is 8.46. The molecule has 35 heavy (non-hydrogen) atoms. The van der Waals surface area contributed by atoms with E-state index in [4.69, 9.17) is 4.74 Å². The van der Waals surface area contributed by atoms with E-state index in [1.54, 1.807) is 48.5 Å². The Hall–Kier alpha value is -4.39. The van der Waals surface area contributed by atoms with Gasteiger partial charge in [-0.3, -0.25) is 14.4 Å². The van der Waals surface area contributed by atoms with Gasteiger partial charge in [0.1, 0.15) is 11.8 Å². The van der Waals surface area contributed by atoms with Crippen LogP contribution in [-0.4, -0.2) is 47.3 Å². The van der Waals surface area contributed by atoms with Gasteiger partial charge in [-0.05, 0) is 48.4 Å². The molecule has 0 aliphatic carbocycles. The summed E-state index contributed by atoms with van der Waals surface area (Å²) >= 11 is 0. The van der Waals surface area contributed by atoms with Gasteiger partial charge in [-0.25, -0.2) is 4.90 Å². The maximum Gasteiger partial charge on any atom is 0.257 e. The van der Waals surface area contributed by atoms with Crippen molar-refractivity contribution in [3.8, 4) is 5.75 Å². The number of carbonyl (C=O) groups excluding carboxylic acids is 3. The lowest BCUT2D eigenvalue weighted by atomic mass is 10.1. The Balaban J connectivity index is 1.47. The summed E-state index contributed by atoms with van der Waals surface area (Å²) in [6, 6.07) is 22.7. The van der Waals surface area contributed by atoms with Gasteiger partial charge in [-0.2, -0.15) is 0 Å². The highest BCUT2D eigenvalue weighted by atomic mass is 16.5. The molecule has 1 fully saturated rings. The van der Waals surface area contributed by atoms with Gasteiger partial charge in [0.15, 0.2) is 0 Å². The summed E-state index contributed by atoms with van der Waals surface area (Å²) in [5.41, 5.74) is 2.97. The van der Waals surface area contributed by atoms with E-state index in [9.17, 15) is 14.4 Å². The number of hydrogen-bond acceptors (Lipinski definition) is 4. The first kappa shape index (κ1) is 22.4. The van der Waals surface area contributed by atoms with Gasteiger partial charge < -0.3 is 14.6 Å². The molecule has 0 spiro atoms. The van der Waals surface area contributed by atoms with Crippen molar-refractivity contribution in [3.05, 3.63) is 96.2 Å². The summed E-state index contributed by atoms with van der Waals surface area (Å²) < 4.78 is 5.29. The zero-order valence-corrected chi connectivity index (χ0v) is 19.3. The zero-order valence-electron chi connectivity index (χ0n) is 19.3. The number of fused-ring (bicyclic) bond motifs is 1. The minimum Gasteiger partial charge on any atom is -0.497 e. The van der Waals surface area contributed by atoms with Crippen molar-refractivity contribution in [2.75, 3.05) is 18.6 Å². The zero-order chi connectivity index (χ0) is 24.4. The fourth-order valence-electron chi connectivity index (χ4n) is 4.61. The van der Waals surface area contributed by atoms with E-state index in [0.29, 0.717) is 23.4 Å². The average Bonchev–Trinajstić information content (AvgIpc) is 3.44. The van der Waals surface area contributed by atoms with Crippen LogP contribution < -0.4 is 9.64 Å². The van der Waals surface area contributed by atoms with Crippen LogP contribution in [0.1, 0.15) is 22.3 Å². The number of ether oxygens (including phenoxy) is 1. The lowest BCUT2D eigenvalue weighted by Gasteiger charge is -2.28. The highest BCUT2D eigenvalue weighted by molar-refractivity contribution is 6.23. The monoisotopic (exact) mass is 467 g/mol. The number of H-pyrrole nitrogens is 1. The molecule has 1 saturated heterocycles. The number of benzene rings is 3. The standard InChI is InChI=1S/C28H25N3O4/c1-35-22-11-7-8-19(16-22)27(33)30(15-14-20-18-29-24-13-6-5-12-23(20)24)25-17-26(32)31(28(25)34)21-9-3-2-4-10-21/h2-13,16,18,25,29H,14-15,17H2,1H3. The van der Waals surface area contributed by atoms with Crippen LogP contribution in [0.4, 0.5) is 5.69 Å². The van der Waals surface area contributed by atoms with Crippen molar-refractivity contribution in [1.82, 2.24) is 9.88 Å². The number of rotatable bonds is 7. The van der Waals surface area contributed by atoms with Crippen LogP contribution in [0.2, 0.25) is 0 Å². The van der Waals surface area contributed by atoms with Crippen LogP contribution in [0.25, 0.3) is 10.9 Å². The molecule has 1 aliphatic rings. The highest BCUT2D eigenvalue weighted by Crippen LogP contribution is 2.28. The molecule has 4 aromatic rings. The summed E-state index contributed by atoms with van der Waals surface area (Å²) in [5.74, 6) is -0.477. The van der Waals surface area contributed by atoms with E-state index in [0.717, 1.165) is 16.5 Å². The molecule has 0 saturated carbocycles. The molecule has 0 bridgehead atoms. The van der Waals surface area contributed by atoms with Crippen molar-refractivity contribution in [2.24, 2.45) is 0 Å². The second-order valence-corrected chi connectivity index (χ2v) is 8.46. The fourth-order valence-corrected chi connectivity index (χ4v) is 4.61. The molecule has 5 rings (SSSR count). The lowest BCUT2D eigenvalue weighted by molar-refractivity contribution is -0.122. The third-order valence-electron chi connectivity index (χ3n) is 6.39. The van der Waals surface area contributed by atoms with Gasteiger partial charge in [-0.1, -0.05) is 42.5 Å². The maximum atomic E-state index is 13.7. The van der Waals surface area contributed by atoms with Crippen molar-refractivity contribution in [1.29, 1.82) is 0 Å². The molecule has 3 aromatic carbocycles. The van der Waals surface area contributed by atoms with Crippen molar-refractivity contribution >= 4 is 34.3 Å². The third kappa shape index (κ3) is 4.28. The maximum absolute atomic E-state index is 13.7. The summed E-state index contributed by atoms with van der Waals surface area (Å²) in [6.07, 6.45) is 2.40. The summed E-state index contributed by atoms with van der Waals surface area (Å²) in [5, 5.41) is 1.07. The van der Waals surface area contributed by atoms with Crippen LogP contribution in [-0.2, 0) is 16.0 Å². The Kier molecular flexibility index (Phi) is 6.06. The highest BCUT2D eigenvalue weighted by Gasteiger charge is 2.44. The molecule has 1 N–H and O–H groups in total. The van der Waals surface area contributed by atoms with Crippen LogP contribution in [0.15, 0.2) is 85.1 Å². The van der Waals surface area contributed by atoms with E-state index in [1.165, 1.54) is 16.9 Å². The topological polar surface area (TPSA) is 82.7 Å². The van der Waals surface area contributed by atoms with Crippen LogP contribution in [0.3, 0.4) is 0 Å². The Morgan fingerprint density at radius 3 is 2.60 bits per heavy atom. The second kappa shape index (κ2) is 9.46. The minimum atomic E-state index is -0.883. The minimum absolute atomic E-state index is 0.0582. The average molecular weight is 468 g/mol. The Labute approximate surface area is 202 Å². The molecule has 1 unspecified atom stereocenters. The number of anilines is 1. The van der Waals surface area contributed by atoms with Gasteiger partial charge in [0, 0.05) is 29.2 Å². The van der Waals surface area contributed by atoms with E-state index in [-0.39, 0.29) is 24.8 Å². The Bertz CT molecular complexity index is 1400. The molecule has 1 aromatic heterocycles. The van der Waals surface area contributed by atoms with Gasteiger partial charge in [0.05, 0.1) is 19.2 Å². The molecular weight excluding hydrogens is 442 g/mol. The number of aromatic nitrogens is 1. The van der Waals surface area contributed by atoms with Gasteiger partial charge >= 0.3 is 0 Å². The molecule has 7 nitrogen and oxygen atoms in total. The summed E-state index contributed by atoms with van der Waals surface area (Å²) in [6.45, 7) is 0.282. The number of imide groups is 1. The van der Waals surface area contributed by atoms with Gasteiger partial charge in [0.2, 0.25) is 5.91 Å². The first-order valence-electron chi connectivity index (χ1n) is 11.5. The van der Waals surface area contributed by atoms with Crippen LogP contribution in [0, 0.1) is 0 Å². The molecule has 1 aliphatic heterocycles. The number of aromatic amines is 1. The van der Waals surface area contributed by atoms with Crippen molar-refractivity contribution in [2.45, 2.75) is 18.9 Å². The molecule has 2 heterocycles. The van der Waals surface area contributed by atoms with Crippen LogP contribution >= 0.6 is 0 Å². The molecule has 7 heteroatoms. The molecule has 0 radical (unpaired) electrons. The van der Waals surface area contributed by atoms with Crippen molar-refractivity contribution in [3.63, 3.8) is 0 Å². The largest absolute Gasteiger partial charge is 0.497 e. The number of methoxy groups -OCH3 is 1. The third-order valence-corrected chi connectivity index (χ3v) is 6.39. The quantitative estimate of drug-likeness (QED) is 0.413. The number of nitrogens with one attached hydrogen (secondary N) is 1. The molecule has 1 atom stereocenters. The van der Waals surface area contributed by atoms with Gasteiger partial charge in [-0.15, -0.1) is 0 Å².